The largest absolute Gasteiger partial charge is 0.490 e. The molecule has 35 heavy (non-hydrogen) atoms. The molecule has 0 aliphatic rings. The van der Waals surface area contributed by atoms with Crippen molar-refractivity contribution >= 4 is 17.4 Å². The molecule has 1 amide bonds. The number of nitrogens with one attached hydrogen (secondary N) is 1. The monoisotopic (exact) mass is 507 g/mol. The summed E-state index contributed by atoms with van der Waals surface area (Å²) in [4.78, 5) is 25.9. The van der Waals surface area contributed by atoms with Crippen LogP contribution in [0.1, 0.15) is 31.3 Å². The Kier molecular flexibility index (Phi) is 7.82. The number of imidazole rings is 1. The lowest BCUT2D eigenvalue weighted by Gasteiger charge is -2.32. The highest BCUT2D eigenvalue weighted by molar-refractivity contribution is 6.00. The second-order valence-corrected chi connectivity index (χ2v) is 8.36. The molecule has 0 saturated carbocycles. The second kappa shape index (κ2) is 9.92. The lowest BCUT2D eigenvalue weighted by Crippen LogP contribution is -2.53. The molecule has 3 aromatic rings. The Morgan fingerprint density at radius 3 is 1.97 bits per heavy atom. The van der Waals surface area contributed by atoms with Crippen molar-refractivity contribution in [2.45, 2.75) is 39.2 Å². The van der Waals surface area contributed by atoms with Gasteiger partial charge in [-0.05, 0) is 41.8 Å². The van der Waals surface area contributed by atoms with Crippen LogP contribution in [0.3, 0.4) is 0 Å². The predicted molar refractivity (Wildman–Crippen MR) is 111 cm³/mol. The molecule has 3 rings (SSSR count). The molecule has 0 spiro atoms. The predicted octanol–water partition coefficient (Wildman–Crippen LogP) is 5.48. The van der Waals surface area contributed by atoms with Gasteiger partial charge in [-0.3, -0.25) is 9.20 Å². The zero-order chi connectivity index (χ0) is 26.8. The Hall–Kier alpha value is -3.64. The number of hydrogen-bond donors (Lipinski definition) is 2. The molecular formula is C22H20F7N3O3. The number of rotatable bonds is 3. The molecule has 0 saturated heterocycles. The molecule has 2 N–H and O–H groups in total. The van der Waals surface area contributed by atoms with E-state index >= 15 is 0 Å². The van der Waals surface area contributed by atoms with Gasteiger partial charge in [-0.15, -0.1) is 0 Å². The fourth-order valence-electron chi connectivity index (χ4n) is 3.00. The zero-order valence-electron chi connectivity index (χ0n) is 18.5. The van der Waals surface area contributed by atoms with Gasteiger partial charge in [0.25, 0.3) is 5.91 Å². The zero-order valence-corrected chi connectivity index (χ0v) is 18.5. The molecule has 6 nitrogen and oxygen atoms in total. The fourth-order valence-corrected chi connectivity index (χ4v) is 3.00. The van der Waals surface area contributed by atoms with E-state index in [4.69, 9.17) is 9.90 Å². The number of benzene rings is 1. The molecule has 0 aliphatic carbocycles. The van der Waals surface area contributed by atoms with Crippen LogP contribution in [0.15, 0.2) is 48.7 Å². The van der Waals surface area contributed by atoms with Crippen LogP contribution in [-0.2, 0) is 4.79 Å². The number of carboxylic acids is 1. The van der Waals surface area contributed by atoms with Crippen molar-refractivity contribution < 1.29 is 45.4 Å². The van der Waals surface area contributed by atoms with Crippen molar-refractivity contribution in [3.63, 3.8) is 0 Å². The average molecular weight is 507 g/mol. The lowest BCUT2D eigenvalue weighted by atomic mass is 9.86. The summed E-state index contributed by atoms with van der Waals surface area (Å²) in [6.07, 6.45) is -8.05. The summed E-state index contributed by atoms with van der Waals surface area (Å²) in [6.45, 7) is 4.21. The summed E-state index contributed by atoms with van der Waals surface area (Å²) in [5.41, 5.74) is -0.471. The first-order valence-electron chi connectivity index (χ1n) is 9.83. The number of carbonyl (C=O) groups excluding carboxylic acids is 1. The maximum atomic E-state index is 13.4. The third-order valence-corrected chi connectivity index (χ3v) is 4.58. The fraction of sp³-hybridized carbons (Fsp3) is 0.318. The Labute approximate surface area is 194 Å². The number of nitrogens with zero attached hydrogens (tertiary/aromatic N) is 2. The molecule has 0 radical (unpaired) electrons. The van der Waals surface area contributed by atoms with E-state index in [9.17, 15) is 35.5 Å². The first kappa shape index (κ1) is 27.6. The third-order valence-electron chi connectivity index (χ3n) is 4.58. The molecule has 190 valence electrons. The van der Waals surface area contributed by atoms with E-state index in [0.29, 0.717) is 16.9 Å². The van der Waals surface area contributed by atoms with Crippen LogP contribution in [0.4, 0.5) is 30.7 Å². The van der Waals surface area contributed by atoms with E-state index in [1.165, 1.54) is 45.0 Å². The van der Waals surface area contributed by atoms with Crippen LogP contribution >= 0.6 is 0 Å². The molecule has 2 aromatic heterocycles. The summed E-state index contributed by atoms with van der Waals surface area (Å²) in [5, 5.41) is 9.20. The molecule has 1 aromatic carbocycles. The average Bonchev–Trinajstić information content (AvgIpc) is 3.10. The van der Waals surface area contributed by atoms with Crippen LogP contribution in [0.5, 0.6) is 0 Å². The maximum absolute atomic E-state index is 13.4. The minimum Gasteiger partial charge on any atom is -0.475 e. The first-order valence-corrected chi connectivity index (χ1v) is 9.83. The summed E-state index contributed by atoms with van der Waals surface area (Å²) >= 11 is 0. The van der Waals surface area contributed by atoms with Crippen LogP contribution in [0.25, 0.3) is 16.9 Å². The van der Waals surface area contributed by atoms with Crippen molar-refractivity contribution in [3.8, 4) is 11.4 Å². The molecule has 1 atom stereocenters. The number of aliphatic carboxylic acids is 1. The summed E-state index contributed by atoms with van der Waals surface area (Å²) < 4.78 is 86.9. The number of hydrogen-bond acceptors (Lipinski definition) is 3. The number of aromatic nitrogens is 2. The Morgan fingerprint density at radius 2 is 1.51 bits per heavy atom. The molecule has 2 heterocycles. The normalized spacial score (nSPS) is 13.1. The molecular weight excluding hydrogens is 487 g/mol. The third kappa shape index (κ3) is 6.93. The number of halogens is 7. The van der Waals surface area contributed by atoms with Crippen molar-refractivity contribution in [1.82, 2.24) is 14.7 Å². The number of alkyl halides is 6. The number of amides is 1. The number of fused-ring (bicyclic) bond motifs is 1. The van der Waals surface area contributed by atoms with Crippen LogP contribution in [0.2, 0.25) is 0 Å². The number of carboxylic acid groups (broad SMARTS) is 1. The summed E-state index contributed by atoms with van der Waals surface area (Å²) in [5.74, 6) is -3.78. The van der Waals surface area contributed by atoms with Crippen LogP contribution in [0, 0.1) is 11.2 Å². The van der Waals surface area contributed by atoms with Gasteiger partial charge >= 0.3 is 18.3 Å². The minimum atomic E-state index is -5.08. The molecule has 0 bridgehead atoms. The standard InChI is InChI=1S/C20H19F4N3O.C2HF3O2/c1-19(2,3)18(20(22,23)24)26-17(28)15-14-6-4-5-11-27(14)16(25-15)12-7-9-13(21)10-8-12;3-2(4,5)1(6)7/h4-11,18H,1-3H3,(H,26,28);(H,6,7)/t18-;/m0./s1. The smallest absolute Gasteiger partial charge is 0.475 e. The van der Waals surface area contributed by atoms with E-state index in [1.54, 1.807) is 28.8 Å². The molecule has 0 unspecified atom stereocenters. The van der Waals surface area contributed by atoms with E-state index in [-0.39, 0.29) is 5.69 Å². The van der Waals surface area contributed by atoms with Gasteiger partial charge in [-0.25, -0.2) is 14.2 Å². The van der Waals surface area contributed by atoms with E-state index < -0.39 is 41.5 Å². The molecule has 0 aliphatic heterocycles. The number of pyridine rings is 1. The van der Waals surface area contributed by atoms with Gasteiger partial charge < -0.3 is 10.4 Å². The Morgan fingerprint density at radius 1 is 0.971 bits per heavy atom. The van der Waals surface area contributed by atoms with Gasteiger partial charge in [0.15, 0.2) is 5.69 Å². The minimum absolute atomic E-state index is 0.126. The van der Waals surface area contributed by atoms with Gasteiger partial charge in [-0.1, -0.05) is 26.8 Å². The SMILES string of the molecule is CC(C)(C)[C@H](NC(=O)c1nc(-c2ccc(F)cc2)n2ccccc12)C(F)(F)F.O=C(O)C(F)(F)F. The van der Waals surface area contributed by atoms with E-state index in [1.807, 2.05) is 0 Å². The van der Waals surface area contributed by atoms with Crippen LogP contribution in [-0.4, -0.2) is 44.8 Å². The highest BCUT2D eigenvalue weighted by Crippen LogP contribution is 2.34. The highest BCUT2D eigenvalue weighted by Gasteiger charge is 2.48. The first-order chi connectivity index (χ1) is 15.9. The quantitative estimate of drug-likeness (QED) is 0.460. The Balaban J connectivity index is 0.000000540. The molecule has 13 heteroatoms. The summed E-state index contributed by atoms with van der Waals surface area (Å²) in [6, 6.07) is 8.40. The second-order valence-electron chi connectivity index (χ2n) is 8.36. The van der Waals surface area contributed by atoms with Crippen molar-refractivity contribution in [1.29, 1.82) is 0 Å². The van der Waals surface area contributed by atoms with Gasteiger partial charge in [-0.2, -0.15) is 26.3 Å². The van der Waals surface area contributed by atoms with Crippen molar-refractivity contribution in [2.24, 2.45) is 5.41 Å². The van der Waals surface area contributed by atoms with Gasteiger partial charge in [0, 0.05) is 11.8 Å². The van der Waals surface area contributed by atoms with Gasteiger partial charge in [0.05, 0.1) is 5.52 Å². The van der Waals surface area contributed by atoms with Crippen molar-refractivity contribution in [2.75, 3.05) is 0 Å². The summed E-state index contributed by atoms with van der Waals surface area (Å²) in [7, 11) is 0. The van der Waals surface area contributed by atoms with E-state index in [0.717, 1.165) is 0 Å². The van der Waals surface area contributed by atoms with Gasteiger partial charge in [0.2, 0.25) is 0 Å². The number of carbonyl (C=O) groups is 2. The van der Waals surface area contributed by atoms with Crippen LogP contribution < -0.4 is 5.32 Å². The van der Waals surface area contributed by atoms with E-state index in [2.05, 4.69) is 10.3 Å². The molecule has 0 fully saturated rings. The Bertz CT molecular complexity index is 1180. The maximum Gasteiger partial charge on any atom is 0.490 e. The lowest BCUT2D eigenvalue weighted by molar-refractivity contribution is -0.192. The topological polar surface area (TPSA) is 83.7 Å². The van der Waals surface area contributed by atoms with Crippen molar-refractivity contribution in [3.05, 3.63) is 60.2 Å². The highest BCUT2D eigenvalue weighted by atomic mass is 19.4. The van der Waals surface area contributed by atoms with Gasteiger partial charge in [0.1, 0.15) is 17.7 Å².